The topological polar surface area (TPSA) is 83.6 Å². The van der Waals surface area contributed by atoms with Crippen molar-refractivity contribution in [1.29, 1.82) is 5.26 Å². The lowest BCUT2D eigenvalue weighted by Gasteiger charge is -2.36. The number of rotatable bonds is 10. The van der Waals surface area contributed by atoms with Crippen LogP contribution in [0.3, 0.4) is 0 Å². The van der Waals surface area contributed by atoms with Gasteiger partial charge < -0.3 is 18.9 Å². The fraction of sp³-hybridized carbons (Fsp3) is 0.423. The van der Waals surface area contributed by atoms with Crippen LogP contribution in [0.1, 0.15) is 38.2 Å². The second-order valence-corrected chi connectivity index (χ2v) is 8.94. The molecule has 4 rings (SSSR count). The average Bonchev–Trinajstić information content (AvgIpc) is 3.19. The van der Waals surface area contributed by atoms with Crippen LogP contribution in [0.15, 0.2) is 36.7 Å². The maximum atomic E-state index is 13.5. The maximum Gasteiger partial charge on any atom is 0.324 e. The molecular formula is C26H30ClN5O3. The number of amides is 2. The number of carbonyl (C=O) groups excluding carboxylic acids is 1. The first-order valence-corrected chi connectivity index (χ1v) is 12.3. The van der Waals surface area contributed by atoms with E-state index in [0.717, 1.165) is 42.3 Å². The van der Waals surface area contributed by atoms with Crippen LogP contribution in [-0.4, -0.2) is 47.3 Å². The van der Waals surface area contributed by atoms with E-state index in [-0.39, 0.29) is 12.6 Å². The number of hydrogen-bond donors (Lipinski definition) is 0. The second kappa shape index (κ2) is 11.3. The molecule has 2 amide bonds. The molecule has 3 heterocycles. The molecule has 184 valence electrons. The van der Waals surface area contributed by atoms with Crippen LogP contribution in [-0.2, 0) is 13.1 Å². The minimum atomic E-state index is -0.0732. The Morgan fingerprint density at radius 1 is 1.20 bits per heavy atom. The Kier molecular flexibility index (Phi) is 7.98. The largest absolute Gasteiger partial charge is 0.493 e. The molecule has 2 aromatic heterocycles. The fourth-order valence-corrected chi connectivity index (χ4v) is 4.74. The number of benzene rings is 1. The van der Waals surface area contributed by atoms with Gasteiger partial charge in [0.2, 0.25) is 0 Å². The van der Waals surface area contributed by atoms with Gasteiger partial charge in [-0.2, -0.15) is 5.26 Å². The molecule has 35 heavy (non-hydrogen) atoms. The van der Waals surface area contributed by atoms with E-state index in [4.69, 9.17) is 26.3 Å². The third-order valence-electron chi connectivity index (χ3n) is 6.18. The molecule has 1 aliphatic heterocycles. The van der Waals surface area contributed by atoms with Gasteiger partial charge in [0.05, 0.1) is 24.8 Å². The Balaban J connectivity index is 1.55. The third-order valence-corrected chi connectivity index (χ3v) is 6.46. The summed E-state index contributed by atoms with van der Waals surface area (Å²) in [6.07, 6.45) is 7.45. The Bertz CT molecular complexity index is 1240. The first-order chi connectivity index (χ1) is 17.1. The summed E-state index contributed by atoms with van der Waals surface area (Å²) in [6, 6.07) is 9.56. The highest BCUT2D eigenvalue weighted by molar-refractivity contribution is 6.35. The molecule has 0 radical (unpaired) electrons. The molecule has 9 heteroatoms. The van der Waals surface area contributed by atoms with E-state index in [1.807, 2.05) is 29.2 Å². The molecular weight excluding hydrogens is 466 g/mol. The van der Waals surface area contributed by atoms with Crippen molar-refractivity contribution < 1.29 is 14.3 Å². The third kappa shape index (κ3) is 5.30. The molecule has 0 N–H and O–H groups in total. The smallest absolute Gasteiger partial charge is 0.324 e. The van der Waals surface area contributed by atoms with Gasteiger partial charge in [-0.05, 0) is 36.6 Å². The summed E-state index contributed by atoms with van der Waals surface area (Å²) in [6.45, 7) is 4.60. The van der Waals surface area contributed by atoms with Crippen molar-refractivity contribution in [3.63, 3.8) is 0 Å². The van der Waals surface area contributed by atoms with Gasteiger partial charge in [-0.25, -0.2) is 9.78 Å². The van der Waals surface area contributed by atoms with Crippen molar-refractivity contribution in [2.45, 2.75) is 45.7 Å². The molecule has 1 fully saturated rings. The van der Waals surface area contributed by atoms with Gasteiger partial charge in [-0.15, -0.1) is 0 Å². The van der Waals surface area contributed by atoms with Crippen LogP contribution in [0.2, 0.25) is 5.02 Å². The van der Waals surface area contributed by atoms with Gasteiger partial charge in [0.15, 0.2) is 11.5 Å². The summed E-state index contributed by atoms with van der Waals surface area (Å²) in [5, 5.41) is 10.4. The molecule has 0 saturated carbocycles. The summed E-state index contributed by atoms with van der Waals surface area (Å²) in [5.41, 5.74) is 2.33. The van der Waals surface area contributed by atoms with Gasteiger partial charge >= 0.3 is 6.03 Å². The van der Waals surface area contributed by atoms with E-state index in [2.05, 4.69) is 18.0 Å². The number of anilines is 1. The van der Waals surface area contributed by atoms with Gasteiger partial charge in [0, 0.05) is 49.2 Å². The zero-order valence-corrected chi connectivity index (χ0v) is 20.9. The monoisotopic (exact) mass is 495 g/mol. The first kappa shape index (κ1) is 24.7. The number of nitrogens with zero attached hydrogens (tertiary/aromatic N) is 5. The number of fused-ring (bicyclic) bond motifs is 1. The lowest BCUT2D eigenvalue weighted by atomic mass is 10.1. The predicted octanol–water partition coefficient (Wildman–Crippen LogP) is 5.62. The summed E-state index contributed by atoms with van der Waals surface area (Å²) < 4.78 is 13.2. The highest BCUT2D eigenvalue weighted by Gasteiger charge is 2.28. The van der Waals surface area contributed by atoms with E-state index in [1.54, 1.807) is 29.0 Å². The molecule has 1 aromatic carbocycles. The highest BCUT2D eigenvalue weighted by atomic mass is 35.5. The van der Waals surface area contributed by atoms with E-state index >= 15 is 0 Å². The average molecular weight is 496 g/mol. The minimum absolute atomic E-state index is 0.0732. The molecule has 1 saturated heterocycles. The van der Waals surface area contributed by atoms with Crippen LogP contribution in [0.25, 0.3) is 11.0 Å². The molecule has 0 unspecified atom stereocenters. The van der Waals surface area contributed by atoms with E-state index in [1.165, 1.54) is 0 Å². The van der Waals surface area contributed by atoms with Gasteiger partial charge in [0.25, 0.3) is 0 Å². The molecule has 0 aliphatic carbocycles. The fourth-order valence-electron chi connectivity index (χ4n) is 4.41. The molecule has 0 atom stereocenters. The molecule has 0 spiro atoms. The maximum absolute atomic E-state index is 13.5. The van der Waals surface area contributed by atoms with Crippen LogP contribution in [0.4, 0.5) is 10.5 Å². The van der Waals surface area contributed by atoms with Gasteiger partial charge in [-0.3, -0.25) is 4.90 Å². The van der Waals surface area contributed by atoms with Crippen molar-refractivity contribution in [3.8, 4) is 17.6 Å². The number of urea groups is 1. The van der Waals surface area contributed by atoms with Crippen LogP contribution in [0, 0.1) is 11.3 Å². The van der Waals surface area contributed by atoms with Crippen molar-refractivity contribution in [2.75, 3.05) is 31.7 Å². The molecule has 3 aromatic rings. The number of nitriles is 1. The Morgan fingerprint density at radius 2 is 2.06 bits per heavy atom. The Hall–Kier alpha value is -3.44. The number of methoxy groups -OCH3 is 1. The Morgan fingerprint density at radius 3 is 2.83 bits per heavy atom. The van der Waals surface area contributed by atoms with E-state index in [9.17, 15) is 4.79 Å². The predicted molar refractivity (Wildman–Crippen MR) is 136 cm³/mol. The van der Waals surface area contributed by atoms with Crippen molar-refractivity contribution >= 4 is 34.4 Å². The van der Waals surface area contributed by atoms with Crippen molar-refractivity contribution in [3.05, 3.63) is 47.2 Å². The molecule has 8 nitrogen and oxygen atoms in total. The van der Waals surface area contributed by atoms with Crippen molar-refractivity contribution in [1.82, 2.24) is 14.5 Å². The number of aromatic nitrogens is 2. The van der Waals surface area contributed by atoms with Crippen LogP contribution < -0.4 is 14.4 Å². The normalized spacial score (nSPS) is 13.8. The zero-order valence-electron chi connectivity index (χ0n) is 20.2. The standard InChI is InChI=1S/C26H30ClN5O3/c1-3-4-5-15-35-23-16-20(7-8-22(23)34-2)32-13-6-12-31(26(32)33)17-19-9-11-29-25-24(19)21(27)18-30(25)14-10-28/h7-9,11,16,18H,3-6,12-15,17H2,1-2H3. The summed E-state index contributed by atoms with van der Waals surface area (Å²) >= 11 is 6.49. The van der Waals surface area contributed by atoms with Crippen LogP contribution >= 0.6 is 11.6 Å². The van der Waals surface area contributed by atoms with Crippen LogP contribution in [0.5, 0.6) is 11.5 Å². The summed E-state index contributed by atoms with van der Waals surface area (Å²) in [5.74, 6) is 1.30. The Labute approximate surface area is 210 Å². The van der Waals surface area contributed by atoms with E-state index < -0.39 is 0 Å². The summed E-state index contributed by atoms with van der Waals surface area (Å²) in [4.78, 5) is 21.5. The quantitative estimate of drug-likeness (QED) is 0.341. The van der Waals surface area contributed by atoms with Gasteiger partial charge in [-0.1, -0.05) is 31.4 Å². The minimum Gasteiger partial charge on any atom is -0.493 e. The molecule has 0 bridgehead atoms. The SMILES string of the molecule is CCCCCOc1cc(N2CCCN(Cc3ccnc4c3c(Cl)cn4CC#N)C2=O)ccc1OC. The number of unbranched alkanes of at least 4 members (excludes halogenated alkanes) is 2. The number of hydrogen-bond acceptors (Lipinski definition) is 5. The van der Waals surface area contributed by atoms with Crippen molar-refractivity contribution in [2.24, 2.45) is 0 Å². The highest BCUT2D eigenvalue weighted by Crippen LogP contribution is 2.34. The zero-order chi connectivity index (χ0) is 24.8. The first-order valence-electron chi connectivity index (χ1n) is 11.9. The van der Waals surface area contributed by atoms with E-state index in [0.29, 0.717) is 48.4 Å². The lowest BCUT2D eigenvalue weighted by molar-refractivity contribution is 0.192. The second-order valence-electron chi connectivity index (χ2n) is 8.53. The summed E-state index contributed by atoms with van der Waals surface area (Å²) in [7, 11) is 1.62. The number of pyridine rings is 1. The number of halogens is 1. The van der Waals surface area contributed by atoms with Gasteiger partial charge in [0.1, 0.15) is 12.2 Å². The molecule has 1 aliphatic rings. The number of ether oxygens (including phenoxy) is 2. The number of carbonyl (C=O) groups is 1. The lowest BCUT2D eigenvalue weighted by Crippen LogP contribution is -2.49.